The molecule has 36 heavy (non-hydrogen) atoms. The number of rotatable bonds is 5. The maximum absolute atomic E-state index is 13.2. The summed E-state index contributed by atoms with van der Waals surface area (Å²) in [4.78, 5) is 40.1. The quantitative estimate of drug-likeness (QED) is 0.427. The number of amides is 4. The molecular formula is C27H23N5O4. The maximum atomic E-state index is 13.2. The monoisotopic (exact) mass is 481 g/mol. The van der Waals surface area contributed by atoms with Crippen molar-refractivity contribution >= 4 is 28.7 Å². The lowest BCUT2D eigenvalue weighted by molar-refractivity contribution is -0.124. The molecule has 0 aliphatic carbocycles. The molecule has 0 bridgehead atoms. The summed E-state index contributed by atoms with van der Waals surface area (Å²) in [5.41, 5.74) is 3.47. The van der Waals surface area contributed by atoms with Gasteiger partial charge in [-0.3, -0.25) is 19.6 Å². The molecule has 6 rings (SSSR count). The predicted molar refractivity (Wildman–Crippen MR) is 132 cm³/mol. The second-order valence-electron chi connectivity index (χ2n) is 9.15. The Hall–Kier alpha value is -4.66. The highest BCUT2D eigenvalue weighted by molar-refractivity contribution is 6.08. The van der Waals surface area contributed by atoms with E-state index in [1.807, 2.05) is 55.7 Å². The summed E-state index contributed by atoms with van der Waals surface area (Å²) in [5, 5.41) is 10.6. The first-order valence-corrected chi connectivity index (χ1v) is 11.5. The van der Waals surface area contributed by atoms with E-state index in [0.29, 0.717) is 23.4 Å². The van der Waals surface area contributed by atoms with Crippen LogP contribution in [0.3, 0.4) is 0 Å². The van der Waals surface area contributed by atoms with Crippen LogP contribution in [0, 0.1) is 0 Å². The van der Waals surface area contributed by atoms with Crippen molar-refractivity contribution in [3.8, 4) is 16.9 Å². The molecule has 4 aromatic rings. The largest absolute Gasteiger partial charge is 0.497 e. The van der Waals surface area contributed by atoms with E-state index in [1.165, 1.54) is 0 Å². The normalized spacial score (nSPS) is 18.9. The number of carbonyl (C=O) groups is 3. The van der Waals surface area contributed by atoms with Crippen LogP contribution in [0.1, 0.15) is 21.5 Å². The Labute approximate surface area is 206 Å². The lowest BCUT2D eigenvalue weighted by Crippen LogP contribution is -2.52. The molecule has 0 saturated carbocycles. The fourth-order valence-corrected chi connectivity index (χ4v) is 5.05. The topological polar surface area (TPSA) is 106 Å². The number of aromatic nitrogens is 2. The third kappa shape index (κ3) is 3.39. The first-order chi connectivity index (χ1) is 17.4. The summed E-state index contributed by atoms with van der Waals surface area (Å²) < 4.78 is 7.03. The van der Waals surface area contributed by atoms with E-state index in [-0.39, 0.29) is 12.5 Å². The molecule has 3 heterocycles. The van der Waals surface area contributed by atoms with Crippen molar-refractivity contribution in [2.45, 2.75) is 12.1 Å². The lowest BCUT2D eigenvalue weighted by atomic mass is 9.88. The van der Waals surface area contributed by atoms with E-state index in [1.54, 1.807) is 28.8 Å². The van der Waals surface area contributed by atoms with Gasteiger partial charge in [0.25, 0.3) is 11.8 Å². The zero-order valence-electron chi connectivity index (χ0n) is 19.7. The first kappa shape index (κ1) is 21.8. The van der Waals surface area contributed by atoms with Gasteiger partial charge in [0.15, 0.2) is 5.54 Å². The molecule has 2 aliphatic heterocycles. The van der Waals surface area contributed by atoms with Crippen molar-refractivity contribution in [1.82, 2.24) is 25.3 Å². The average Bonchev–Trinajstić information content (AvgIpc) is 3.50. The van der Waals surface area contributed by atoms with Gasteiger partial charge in [-0.2, -0.15) is 5.10 Å². The van der Waals surface area contributed by atoms with E-state index in [9.17, 15) is 14.4 Å². The Morgan fingerprint density at radius 3 is 2.50 bits per heavy atom. The standard InChI is InChI=1S/C27H23N5O4/c1-31-13-19-11-17(6-10-23(19)30-31)16-3-7-20(8-4-16)27(25(34)28-26(35)29-27)15-32-14-18-5-9-21(36-2)12-22(18)24(32)33/h3-13H,14-15H2,1-2H3,(H2,28,29,34,35)/t27-/m0/s1. The number of hydrogen-bond donors (Lipinski definition) is 2. The maximum Gasteiger partial charge on any atom is 0.322 e. The van der Waals surface area contributed by atoms with E-state index in [0.717, 1.165) is 27.6 Å². The molecular weight excluding hydrogens is 458 g/mol. The van der Waals surface area contributed by atoms with Crippen molar-refractivity contribution < 1.29 is 19.1 Å². The number of carbonyl (C=O) groups excluding carboxylic acids is 3. The Morgan fingerprint density at radius 2 is 1.78 bits per heavy atom. The predicted octanol–water partition coefficient (Wildman–Crippen LogP) is 2.94. The van der Waals surface area contributed by atoms with E-state index < -0.39 is 17.5 Å². The Bertz CT molecular complexity index is 1560. The van der Waals surface area contributed by atoms with Crippen LogP contribution < -0.4 is 15.4 Å². The molecule has 2 N–H and O–H groups in total. The Morgan fingerprint density at radius 1 is 1.00 bits per heavy atom. The van der Waals surface area contributed by atoms with Gasteiger partial charge in [-0.05, 0) is 46.5 Å². The van der Waals surface area contributed by atoms with Crippen LogP contribution in [-0.2, 0) is 23.9 Å². The average molecular weight is 482 g/mol. The molecule has 2 aliphatic rings. The van der Waals surface area contributed by atoms with Gasteiger partial charge in [0.2, 0.25) is 0 Å². The smallest absolute Gasteiger partial charge is 0.322 e. The third-order valence-electron chi connectivity index (χ3n) is 6.90. The molecule has 3 aromatic carbocycles. The van der Waals surface area contributed by atoms with Crippen LogP contribution in [0.25, 0.3) is 22.0 Å². The zero-order valence-corrected chi connectivity index (χ0v) is 19.7. The number of ether oxygens (including phenoxy) is 1. The van der Waals surface area contributed by atoms with Gasteiger partial charge >= 0.3 is 6.03 Å². The second-order valence-corrected chi connectivity index (χ2v) is 9.15. The van der Waals surface area contributed by atoms with E-state index in [4.69, 9.17) is 4.74 Å². The summed E-state index contributed by atoms with van der Waals surface area (Å²) in [6.45, 7) is 0.341. The van der Waals surface area contributed by atoms with Crippen molar-refractivity contribution in [3.05, 3.63) is 83.6 Å². The van der Waals surface area contributed by atoms with Crippen molar-refractivity contribution in [1.29, 1.82) is 0 Å². The molecule has 9 heteroatoms. The number of imide groups is 1. The van der Waals surface area contributed by atoms with Crippen molar-refractivity contribution in [2.75, 3.05) is 13.7 Å². The van der Waals surface area contributed by atoms with Crippen LogP contribution in [0.2, 0.25) is 0 Å². The van der Waals surface area contributed by atoms with Gasteiger partial charge in [-0.1, -0.05) is 36.4 Å². The lowest BCUT2D eigenvalue weighted by Gasteiger charge is -2.31. The number of nitrogens with zero attached hydrogens (tertiary/aromatic N) is 3. The summed E-state index contributed by atoms with van der Waals surface area (Å²) in [7, 11) is 3.43. The minimum absolute atomic E-state index is 0.00138. The molecule has 9 nitrogen and oxygen atoms in total. The van der Waals surface area contributed by atoms with Crippen LogP contribution in [0.5, 0.6) is 5.75 Å². The molecule has 0 radical (unpaired) electrons. The van der Waals surface area contributed by atoms with Gasteiger partial charge in [0.1, 0.15) is 5.75 Å². The van der Waals surface area contributed by atoms with E-state index in [2.05, 4.69) is 21.8 Å². The number of fused-ring (bicyclic) bond motifs is 2. The highest BCUT2D eigenvalue weighted by Gasteiger charge is 2.50. The molecule has 4 amide bonds. The van der Waals surface area contributed by atoms with Crippen LogP contribution in [0.15, 0.2) is 66.9 Å². The third-order valence-corrected chi connectivity index (χ3v) is 6.90. The SMILES string of the molecule is COc1ccc2c(c1)C(=O)N(C[C@@]1(c3ccc(-c4ccc5nn(C)cc5c4)cc3)NC(=O)NC1=O)C2. The van der Waals surface area contributed by atoms with Crippen LogP contribution in [0.4, 0.5) is 4.79 Å². The number of methoxy groups -OCH3 is 1. The van der Waals surface area contributed by atoms with Gasteiger partial charge in [-0.25, -0.2) is 4.79 Å². The highest BCUT2D eigenvalue weighted by Crippen LogP contribution is 2.33. The minimum atomic E-state index is -1.40. The summed E-state index contributed by atoms with van der Waals surface area (Å²) in [6, 6.07) is 18.3. The minimum Gasteiger partial charge on any atom is -0.497 e. The zero-order chi connectivity index (χ0) is 25.0. The molecule has 1 saturated heterocycles. The fourth-order valence-electron chi connectivity index (χ4n) is 5.05. The summed E-state index contributed by atoms with van der Waals surface area (Å²) in [6.07, 6.45) is 1.96. The Kier molecular flexibility index (Phi) is 4.82. The molecule has 1 aromatic heterocycles. The molecule has 0 spiro atoms. The van der Waals surface area contributed by atoms with Crippen molar-refractivity contribution in [3.63, 3.8) is 0 Å². The van der Waals surface area contributed by atoms with Crippen molar-refractivity contribution in [2.24, 2.45) is 7.05 Å². The van der Waals surface area contributed by atoms with Gasteiger partial charge in [0.05, 0.1) is 19.2 Å². The number of nitrogens with one attached hydrogen (secondary N) is 2. The summed E-state index contributed by atoms with van der Waals surface area (Å²) >= 11 is 0. The molecule has 1 fully saturated rings. The van der Waals surface area contributed by atoms with Gasteiger partial charge in [0, 0.05) is 30.7 Å². The van der Waals surface area contributed by atoms with Crippen LogP contribution in [-0.4, -0.2) is 46.2 Å². The number of benzene rings is 3. The highest BCUT2D eigenvalue weighted by atomic mass is 16.5. The van der Waals surface area contributed by atoms with Crippen LogP contribution >= 0.6 is 0 Å². The fraction of sp³-hybridized carbons (Fsp3) is 0.185. The first-order valence-electron chi connectivity index (χ1n) is 11.5. The van der Waals surface area contributed by atoms with Gasteiger partial charge < -0.3 is 15.0 Å². The number of hydrogen-bond acceptors (Lipinski definition) is 5. The Balaban J connectivity index is 1.33. The molecule has 0 unspecified atom stereocenters. The molecule has 1 atom stereocenters. The number of urea groups is 1. The molecule has 180 valence electrons. The number of aryl methyl sites for hydroxylation is 1. The van der Waals surface area contributed by atoms with E-state index >= 15 is 0 Å². The second kappa shape index (κ2) is 7.94. The van der Waals surface area contributed by atoms with Gasteiger partial charge in [-0.15, -0.1) is 0 Å². The summed E-state index contributed by atoms with van der Waals surface area (Å²) in [5.74, 6) is -0.109.